The largest absolute Gasteiger partial charge is 0.496 e. The summed E-state index contributed by atoms with van der Waals surface area (Å²) < 4.78 is 5.09. The smallest absolute Gasteiger partial charge is 0.132 e. The lowest BCUT2D eigenvalue weighted by Crippen LogP contribution is -2.01. The van der Waals surface area contributed by atoms with Crippen molar-refractivity contribution >= 4 is 11.3 Å². The third-order valence-electron chi connectivity index (χ3n) is 1.30. The summed E-state index contributed by atoms with van der Waals surface area (Å²) >= 11 is 1.69. The summed E-state index contributed by atoms with van der Waals surface area (Å²) in [6, 6.07) is 1.97. The Morgan fingerprint density at radius 3 is 3.10 bits per heavy atom. The quantitative estimate of drug-likeness (QED) is 0.717. The average molecular weight is 157 g/mol. The summed E-state index contributed by atoms with van der Waals surface area (Å²) in [6.45, 7) is 0.691. The van der Waals surface area contributed by atoms with E-state index in [-0.39, 0.29) is 0 Å². The van der Waals surface area contributed by atoms with Crippen LogP contribution in [0.15, 0.2) is 11.4 Å². The maximum Gasteiger partial charge on any atom is 0.132 e. The zero-order valence-corrected chi connectivity index (χ0v) is 6.78. The zero-order chi connectivity index (χ0) is 7.40. The van der Waals surface area contributed by atoms with E-state index in [1.165, 1.54) is 4.88 Å². The molecular formula is C7H11NOS. The fourth-order valence-corrected chi connectivity index (χ4v) is 1.68. The van der Waals surface area contributed by atoms with Gasteiger partial charge in [0.15, 0.2) is 0 Å². The molecule has 56 valence electrons. The van der Waals surface area contributed by atoms with Crippen LogP contribution < -0.4 is 10.5 Å². The lowest BCUT2D eigenvalue weighted by molar-refractivity contribution is 0.412. The van der Waals surface area contributed by atoms with E-state index in [9.17, 15) is 0 Å². The minimum atomic E-state index is 0.691. The number of nitrogens with two attached hydrogens (primary N) is 1. The molecule has 0 aromatic carbocycles. The lowest BCUT2D eigenvalue weighted by atomic mass is 10.3. The van der Waals surface area contributed by atoms with Gasteiger partial charge in [-0.15, -0.1) is 11.3 Å². The first-order valence-electron chi connectivity index (χ1n) is 3.19. The molecule has 0 aliphatic heterocycles. The van der Waals surface area contributed by atoms with Gasteiger partial charge in [0, 0.05) is 4.88 Å². The molecule has 0 amide bonds. The number of hydrogen-bond acceptors (Lipinski definition) is 3. The summed E-state index contributed by atoms with van der Waals surface area (Å²) in [6.07, 6.45) is 0.918. The van der Waals surface area contributed by atoms with Gasteiger partial charge in [0.2, 0.25) is 0 Å². The van der Waals surface area contributed by atoms with E-state index in [1.807, 2.05) is 11.4 Å². The second-order valence-electron chi connectivity index (χ2n) is 1.95. The number of hydrogen-bond donors (Lipinski definition) is 1. The Labute approximate surface area is 64.6 Å². The van der Waals surface area contributed by atoms with E-state index in [2.05, 4.69) is 0 Å². The van der Waals surface area contributed by atoms with Crippen LogP contribution in [-0.2, 0) is 6.42 Å². The molecule has 0 saturated heterocycles. The van der Waals surface area contributed by atoms with Gasteiger partial charge >= 0.3 is 0 Å². The van der Waals surface area contributed by atoms with E-state index in [1.54, 1.807) is 18.4 Å². The van der Waals surface area contributed by atoms with Crippen molar-refractivity contribution in [3.8, 4) is 5.75 Å². The third-order valence-corrected chi connectivity index (χ3v) is 2.26. The highest BCUT2D eigenvalue weighted by atomic mass is 32.1. The Hall–Kier alpha value is -0.540. The molecule has 0 aliphatic carbocycles. The van der Waals surface area contributed by atoms with Gasteiger partial charge in [-0.3, -0.25) is 0 Å². The highest BCUT2D eigenvalue weighted by Crippen LogP contribution is 2.23. The molecule has 0 aliphatic rings. The maximum absolute atomic E-state index is 5.39. The van der Waals surface area contributed by atoms with Crippen molar-refractivity contribution in [2.24, 2.45) is 5.73 Å². The van der Waals surface area contributed by atoms with Crippen LogP contribution in [0.2, 0.25) is 0 Å². The minimum Gasteiger partial charge on any atom is -0.496 e. The first-order chi connectivity index (χ1) is 4.88. The van der Waals surface area contributed by atoms with E-state index in [0.29, 0.717) is 6.54 Å². The molecular weight excluding hydrogens is 146 g/mol. The van der Waals surface area contributed by atoms with Crippen molar-refractivity contribution in [3.05, 3.63) is 16.3 Å². The SMILES string of the molecule is COc1ccsc1CCN. The maximum atomic E-state index is 5.39. The zero-order valence-electron chi connectivity index (χ0n) is 5.96. The molecule has 0 saturated carbocycles. The highest BCUT2D eigenvalue weighted by molar-refractivity contribution is 7.10. The number of methoxy groups -OCH3 is 1. The predicted molar refractivity (Wildman–Crippen MR) is 43.6 cm³/mol. The molecule has 0 radical (unpaired) electrons. The molecule has 0 unspecified atom stereocenters. The van der Waals surface area contributed by atoms with Crippen molar-refractivity contribution < 1.29 is 4.74 Å². The van der Waals surface area contributed by atoms with Crippen molar-refractivity contribution in [1.82, 2.24) is 0 Å². The van der Waals surface area contributed by atoms with Crippen LogP contribution in [0.4, 0.5) is 0 Å². The van der Waals surface area contributed by atoms with Gasteiger partial charge in [-0.25, -0.2) is 0 Å². The Morgan fingerprint density at radius 1 is 1.70 bits per heavy atom. The molecule has 3 heteroatoms. The molecule has 0 spiro atoms. The second kappa shape index (κ2) is 3.58. The normalized spacial score (nSPS) is 9.80. The van der Waals surface area contributed by atoms with Crippen molar-refractivity contribution in [1.29, 1.82) is 0 Å². The fourth-order valence-electron chi connectivity index (χ4n) is 0.824. The van der Waals surface area contributed by atoms with E-state index in [4.69, 9.17) is 10.5 Å². The van der Waals surface area contributed by atoms with Crippen LogP contribution in [0.25, 0.3) is 0 Å². The van der Waals surface area contributed by atoms with Gasteiger partial charge in [0.25, 0.3) is 0 Å². The lowest BCUT2D eigenvalue weighted by Gasteiger charge is -1.98. The summed E-state index contributed by atoms with van der Waals surface area (Å²) in [4.78, 5) is 1.24. The van der Waals surface area contributed by atoms with Crippen molar-refractivity contribution in [3.63, 3.8) is 0 Å². The van der Waals surface area contributed by atoms with Crippen LogP contribution in [0.3, 0.4) is 0 Å². The predicted octanol–water partition coefficient (Wildman–Crippen LogP) is 1.26. The summed E-state index contributed by atoms with van der Waals surface area (Å²) in [7, 11) is 1.68. The molecule has 1 aromatic heterocycles. The monoisotopic (exact) mass is 157 g/mol. The summed E-state index contributed by atoms with van der Waals surface area (Å²) in [5.41, 5.74) is 5.39. The molecule has 2 N–H and O–H groups in total. The minimum absolute atomic E-state index is 0.691. The van der Waals surface area contributed by atoms with Gasteiger partial charge in [0.1, 0.15) is 5.75 Å². The van der Waals surface area contributed by atoms with Crippen LogP contribution >= 0.6 is 11.3 Å². The standard InChI is InChI=1S/C7H11NOS/c1-9-6-3-5-10-7(6)2-4-8/h3,5H,2,4,8H2,1H3. The average Bonchev–Trinajstić information content (AvgIpc) is 2.36. The Bertz CT molecular complexity index is 197. The first-order valence-corrected chi connectivity index (χ1v) is 4.07. The topological polar surface area (TPSA) is 35.2 Å². The third kappa shape index (κ3) is 1.49. The molecule has 0 atom stereocenters. The van der Waals surface area contributed by atoms with Gasteiger partial charge in [-0.2, -0.15) is 0 Å². The first kappa shape index (κ1) is 7.57. The van der Waals surface area contributed by atoms with E-state index >= 15 is 0 Å². The van der Waals surface area contributed by atoms with Gasteiger partial charge < -0.3 is 10.5 Å². The highest BCUT2D eigenvalue weighted by Gasteiger charge is 2.01. The molecule has 0 bridgehead atoms. The van der Waals surface area contributed by atoms with Crippen LogP contribution in [-0.4, -0.2) is 13.7 Å². The molecule has 10 heavy (non-hydrogen) atoms. The fraction of sp³-hybridized carbons (Fsp3) is 0.429. The van der Waals surface area contributed by atoms with Gasteiger partial charge in [-0.1, -0.05) is 0 Å². The molecule has 2 nitrogen and oxygen atoms in total. The summed E-state index contributed by atoms with van der Waals surface area (Å²) in [5, 5.41) is 2.02. The summed E-state index contributed by atoms with van der Waals surface area (Å²) in [5.74, 6) is 0.968. The second-order valence-corrected chi connectivity index (χ2v) is 2.95. The van der Waals surface area contributed by atoms with E-state index in [0.717, 1.165) is 12.2 Å². The molecule has 1 aromatic rings. The van der Waals surface area contributed by atoms with Gasteiger partial charge in [-0.05, 0) is 24.4 Å². The molecule has 1 rings (SSSR count). The van der Waals surface area contributed by atoms with Crippen molar-refractivity contribution in [2.75, 3.05) is 13.7 Å². The van der Waals surface area contributed by atoms with E-state index < -0.39 is 0 Å². The molecule has 1 heterocycles. The van der Waals surface area contributed by atoms with Crippen molar-refractivity contribution in [2.45, 2.75) is 6.42 Å². The Morgan fingerprint density at radius 2 is 2.50 bits per heavy atom. The van der Waals surface area contributed by atoms with Crippen LogP contribution in [0.5, 0.6) is 5.75 Å². The number of ether oxygens (including phenoxy) is 1. The number of thiophene rings is 1. The van der Waals surface area contributed by atoms with Gasteiger partial charge in [0.05, 0.1) is 7.11 Å². The van der Waals surface area contributed by atoms with Crippen LogP contribution in [0.1, 0.15) is 4.88 Å². The Kier molecular flexibility index (Phi) is 2.71. The Balaban J connectivity index is 2.70. The number of rotatable bonds is 3. The molecule has 0 fully saturated rings. The van der Waals surface area contributed by atoms with Crippen LogP contribution in [0, 0.1) is 0 Å².